The smallest absolute Gasteiger partial charge is 0.273 e. The van der Waals surface area contributed by atoms with Gasteiger partial charge in [0.05, 0.1) is 5.69 Å². The number of hydrogen-bond acceptors (Lipinski definition) is 4. The van der Waals surface area contributed by atoms with E-state index in [-0.39, 0.29) is 6.04 Å². The molecule has 0 amide bonds. The minimum atomic E-state index is -3.53. The zero-order valence-electron chi connectivity index (χ0n) is 11.8. The second-order valence-corrected chi connectivity index (χ2v) is 8.46. The Labute approximate surface area is 129 Å². The molecule has 21 heavy (non-hydrogen) atoms. The Hall–Kier alpha value is -1.37. The van der Waals surface area contributed by atoms with Crippen molar-refractivity contribution in [2.75, 3.05) is 10.8 Å². The molecule has 0 saturated carbocycles. The van der Waals surface area contributed by atoms with Gasteiger partial charge in [-0.1, -0.05) is 25.1 Å². The highest BCUT2D eigenvalue weighted by Crippen LogP contribution is 2.33. The summed E-state index contributed by atoms with van der Waals surface area (Å²) in [5.41, 5.74) is 7.79. The molecule has 1 aliphatic rings. The van der Waals surface area contributed by atoms with Gasteiger partial charge in [-0.15, -0.1) is 11.3 Å². The molecule has 0 spiro atoms. The van der Waals surface area contributed by atoms with Crippen LogP contribution in [0.1, 0.15) is 17.4 Å². The van der Waals surface area contributed by atoms with E-state index in [4.69, 9.17) is 5.73 Å². The molecular weight excluding hydrogens is 304 g/mol. The van der Waals surface area contributed by atoms with Gasteiger partial charge in [-0.05, 0) is 36.6 Å². The number of rotatable bonds is 3. The van der Waals surface area contributed by atoms with Gasteiger partial charge in [-0.25, -0.2) is 8.42 Å². The molecule has 2 aromatic rings. The first-order valence-corrected chi connectivity index (χ1v) is 9.23. The van der Waals surface area contributed by atoms with Crippen molar-refractivity contribution < 1.29 is 8.42 Å². The van der Waals surface area contributed by atoms with E-state index in [1.165, 1.54) is 15.6 Å². The number of fused-ring (bicyclic) bond motifs is 1. The fraction of sp³-hybridized carbons (Fsp3) is 0.333. The largest absolute Gasteiger partial charge is 0.326 e. The molecule has 112 valence electrons. The molecule has 0 radical (unpaired) electrons. The lowest BCUT2D eigenvalue weighted by Gasteiger charge is -2.33. The van der Waals surface area contributed by atoms with Crippen molar-refractivity contribution >= 4 is 27.0 Å². The molecule has 1 unspecified atom stereocenters. The molecule has 3 rings (SSSR count). The van der Waals surface area contributed by atoms with E-state index in [9.17, 15) is 8.42 Å². The molecular formula is C15H18N2O2S2. The first-order valence-electron chi connectivity index (χ1n) is 6.97. The lowest BCUT2D eigenvalue weighted by molar-refractivity contribution is 0.577. The maximum Gasteiger partial charge on any atom is 0.273 e. The molecule has 1 aromatic carbocycles. The first kappa shape index (κ1) is 14.6. The molecule has 4 nitrogen and oxygen atoms in total. The van der Waals surface area contributed by atoms with Crippen molar-refractivity contribution in [1.82, 2.24) is 0 Å². The van der Waals surface area contributed by atoms with Crippen LogP contribution in [0.4, 0.5) is 5.69 Å². The van der Waals surface area contributed by atoms with E-state index in [2.05, 4.69) is 0 Å². The third kappa shape index (κ3) is 2.59. The van der Waals surface area contributed by atoms with Crippen molar-refractivity contribution in [3.05, 3.63) is 46.8 Å². The van der Waals surface area contributed by atoms with Crippen LogP contribution < -0.4 is 10.0 Å². The maximum absolute atomic E-state index is 12.9. The molecule has 6 heteroatoms. The summed E-state index contributed by atoms with van der Waals surface area (Å²) in [6.07, 6.45) is 1.56. The van der Waals surface area contributed by atoms with Crippen molar-refractivity contribution in [1.29, 1.82) is 0 Å². The van der Waals surface area contributed by atoms with Crippen LogP contribution in [-0.2, 0) is 22.9 Å². The van der Waals surface area contributed by atoms with Crippen LogP contribution in [0.2, 0.25) is 0 Å². The summed E-state index contributed by atoms with van der Waals surface area (Å²) in [6, 6.07) is 11.0. The Morgan fingerprint density at radius 2 is 2.05 bits per heavy atom. The van der Waals surface area contributed by atoms with Gasteiger partial charge >= 0.3 is 0 Å². The van der Waals surface area contributed by atoms with Gasteiger partial charge in [0.2, 0.25) is 0 Å². The van der Waals surface area contributed by atoms with Gasteiger partial charge in [0.15, 0.2) is 0 Å². The number of nitrogens with zero attached hydrogens (tertiary/aromatic N) is 1. The average molecular weight is 322 g/mol. The number of sulfonamides is 1. The lowest BCUT2D eigenvalue weighted by Crippen LogP contribution is -2.45. The van der Waals surface area contributed by atoms with Crippen LogP contribution in [0, 0.1) is 0 Å². The summed E-state index contributed by atoms with van der Waals surface area (Å²) in [6.45, 7) is 2.35. The second-order valence-electron chi connectivity index (χ2n) is 5.20. The van der Waals surface area contributed by atoms with Crippen molar-refractivity contribution in [2.24, 2.45) is 5.73 Å². The molecule has 0 saturated heterocycles. The van der Waals surface area contributed by atoms with Gasteiger partial charge in [0, 0.05) is 17.5 Å². The number of anilines is 1. The average Bonchev–Trinajstić information content (AvgIpc) is 2.96. The first-order chi connectivity index (χ1) is 10.0. The van der Waals surface area contributed by atoms with Crippen molar-refractivity contribution in [3.63, 3.8) is 0 Å². The van der Waals surface area contributed by atoms with Gasteiger partial charge < -0.3 is 5.73 Å². The normalized spacial score (nSPS) is 18.6. The van der Waals surface area contributed by atoms with Crippen molar-refractivity contribution in [3.8, 4) is 0 Å². The third-order valence-electron chi connectivity index (χ3n) is 3.67. The zero-order chi connectivity index (χ0) is 15.0. The monoisotopic (exact) mass is 322 g/mol. The highest BCUT2D eigenvalue weighted by atomic mass is 32.2. The van der Waals surface area contributed by atoms with Crippen LogP contribution in [0.3, 0.4) is 0 Å². The van der Waals surface area contributed by atoms with Crippen LogP contribution in [-0.4, -0.2) is 21.0 Å². The maximum atomic E-state index is 12.9. The van der Waals surface area contributed by atoms with E-state index in [1.54, 1.807) is 6.07 Å². The third-order valence-corrected chi connectivity index (χ3v) is 7.15. The predicted molar refractivity (Wildman–Crippen MR) is 86.4 cm³/mol. The fourth-order valence-electron chi connectivity index (χ4n) is 2.61. The summed E-state index contributed by atoms with van der Waals surface area (Å²) < 4.78 is 27.7. The van der Waals surface area contributed by atoms with Crippen LogP contribution in [0.15, 0.2) is 40.6 Å². The van der Waals surface area contributed by atoms with E-state index in [1.807, 2.05) is 37.3 Å². The van der Waals surface area contributed by atoms with Gasteiger partial charge in [0.25, 0.3) is 10.0 Å². The predicted octanol–water partition coefficient (Wildman–Crippen LogP) is 2.39. The molecule has 0 bridgehead atoms. The van der Waals surface area contributed by atoms with E-state index >= 15 is 0 Å². The zero-order valence-corrected chi connectivity index (χ0v) is 13.5. The molecule has 1 atom stereocenters. The summed E-state index contributed by atoms with van der Waals surface area (Å²) in [5, 5.41) is 0. The SMILES string of the molecule is CCc1ccc(S(=O)(=O)N2CC(N)Cc3ccccc32)s1. The summed E-state index contributed by atoms with van der Waals surface area (Å²) in [7, 11) is -3.53. The molecule has 1 aliphatic heterocycles. The lowest BCUT2D eigenvalue weighted by atomic mass is 10.0. The summed E-state index contributed by atoms with van der Waals surface area (Å²) >= 11 is 1.34. The Kier molecular flexibility index (Phi) is 3.77. The fourth-order valence-corrected chi connectivity index (χ4v) is 5.58. The van der Waals surface area contributed by atoms with E-state index in [0.29, 0.717) is 17.2 Å². The standard InChI is InChI=1S/C15H18N2O2S2/c1-2-13-7-8-15(20-13)21(18,19)17-10-12(16)9-11-5-3-4-6-14(11)17/h3-8,12H,2,9-10,16H2,1H3. The van der Waals surface area contributed by atoms with Crippen LogP contribution >= 0.6 is 11.3 Å². The van der Waals surface area contributed by atoms with Crippen LogP contribution in [0.25, 0.3) is 0 Å². The molecule has 0 fully saturated rings. The van der Waals surface area contributed by atoms with Crippen LogP contribution in [0.5, 0.6) is 0 Å². The minimum Gasteiger partial charge on any atom is -0.326 e. The molecule has 1 aromatic heterocycles. The highest BCUT2D eigenvalue weighted by Gasteiger charge is 2.32. The number of aryl methyl sites for hydroxylation is 1. The van der Waals surface area contributed by atoms with E-state index < -0.39 is 10.0 Å². The highest BCUT2D eigenvalue weighted by molar-refractivity contribution is 7.94. The summed E-state index contributed by atoms with van der Waals surface area (Å²) in [4.78, 5) is 1.07. The molecule has 2 heterocycles. The van der Waals surface area contributed by atoms with Gasteiger partial charge in [-0.3, -0.25) is 4.31 Å². The topological polar surface area (TPSA) is 63.4 Å². The minimum absolute atomic E-state index is 0.166. The molecule has 0 aliphatic carbocycles. The summed E-state index contributed by atoms with van der Waals surface area (Å²) in [5.74, 6) is 0. The Balaban J connectivity index is 2.07. The van der Waals surface area contributed by atoms with E-state index in [0.717, 1.165) is 22.5 Å². The Bertz CT molecular complexity index is 753. The Morgan fingerprint density at radius 3 is 2.76 bits per heavy atom. The number of benzene rings is 1. The number of hydrogen-bond donors (Lipinski definition) is 1. The Morgan fingerprint density at radius 1 is 1.29 bits per heavy atom. The number of nitrogens with two attached hydrogens (primary N) is 1. The van der Waals surface area contributed by atoms with Gasteiger partial charge in [0.1, 0.15) is 4.21 Å². The van der Waals surface area contributed by atoms with Crippen molar-refractivity contribution in [2.45, 2.75) is 30.0 Å². The quantitative estimate of drug-likeness (QED) is 0.944. The number of thiophene rings is 1. The van der Waals surface area contributed by atoms with Gasteiger partial charge in [-0.2, -0.15) is 0 Å². The molecule has 2 N–H and O–H groups in total. The number of para-hydroxylation sites is 1. The second kappa shape index (κ2) is 5.44.